The zero-order valence-corrected chi connectivity index (χ0v) is 11.4. The third kappa shape index (κ3) is 4.29. The molecular weight excluding hydrogens is 232 g/mol. The fourth-order valence-corrected chi connectivity index (χ4v) is 1.48. The lowest BCUT2D eigenvalue weighted by molar-refractivity contribution is 0.0593. The molecule has 18 heavy (non-hydrogen) atoms. The Morgan fingerprint density at radius 1 is 1.28 bits per heavy atom. The molecule has 0 fully saturated rings. The first kappa shape index (κ1) is 14.4. The van der Waals surface area contributed by atoms with Crippen molar-refractivity contribution in [3.05, 3.63) is 18.1 Å². The Balaban J connectivity index is 2.62. The molecule has 1 aromatic rings. The summed E-state index contributed by atoms with van der Waals surface area (Å²) in [6, 6.07) is 0. The number of methoxy groups -OCH3 is 1. The lowest BCUT2D eigenvalue weighted by atomic mass is 10.3. The van der Waals surface area contributed by atoms with Gasteiger partial charge in [0.2, 0.25) is 0 Å². The first-order valence-electron chi connectivity index (χ1n) is 5.81. The second-order valence-corrected chi connectivity index (χ2v) is 4.33. The number of esters is 1. The fourth-order valence-electron chi connectivity index (χ4n) is 1.48. The Morgan fingerprint density at radius 3 is 2.61 bits per heavy atom. The summed E-state index contributed by atoms with van der Waals surface area (Å²) in [5.74, 6) is 0.211. The van der Waals surface area contributed by atoms with Crippen LogP contribution in [-0.4, -0.2) is 62.2 Å². The van der Waals surface area contributed by atoms with Gasteiger partial charge in [0.25, 0.3) is 0 Å². The molecule has 1 heterocycles. The summed E-state index contributed by atoms with van der Waals surface area (Å²) in [7, 11) is 7.34. The molecule has 0 bridgehead atoms. The highest BCUT2D eigenvalue weighted by molar-refractivity contribution is 5.87. The van der Waals surface area contributed by atoms with Gasteiger partial charge < -0.3 is 14.5 Å². The molecule has 1 aromatic heterocycles. The number of aromatic nitrogens is 2. The largest absolute Gasteiger partial charge is 0.464 e. The van der Waals surface area contributed by atoms with E-state index in [9.17, 15) is 4.79 Å². The lowest BCUT2D eigenvalue weighted by Gasteiger charge is -2.19. The van der Waals surface area contributed by atoms with E-state index in [0.29, 0.717) is 5.82 Å². The van der Waals surface area contributed by atoms with Crippen molar-refractivity contribution in [2.24, 2.45) is 0 Å². The second-order valence-electron chi connectivity index (χ2n) is 4.33. The molecule has 0 saturated heterocycles. The van der Waals surface area contributed by atoms with Gasteiger partial charge in [0, 0.05) is 13.6 Å². The number of nitrogens with zero attached hydrogens (tertiary/aromatic N) is 4. The van der Waals surface area contributed by atoms with Crippen LogP contribution >= 0.6 is 0 Å². The molecule has 100 valence electrons. The smallest absolute Gasteiger partial charge is 0.358 e. The highest BCUT2D eigenvalue weighted by atomic mass is 16.5. The maximum Gasteiger partial charge on any atom is 0.358 e. The minimum absolute atomic E-state index is 0.231. The SMILES string of the molecule is COC(=O)c1cncc(N(C)CCCN(C)C)n1. The molecule has 0 aromatic carbocycles. The molecule has 0 spiro atoms. The van der Waals surface area contributed by atoms with Gasteiger partial charge in [0.1, 0.15) is 5.82 Å². The van der Waals surface area contributed by atoms with Gasteiger partial charge in [0.15, 0.2) is 5.69 Å². The van der Waals surface area contributed by atoms with Gasteiger partial charge in [0.05, 0.1) is 19.5 Å². The molecule has 0 amide bonds. The van der Waals surface area contributed by atoms with Gasteiger partial charge in [-0.05, 0) is 27.1 Å². The van der Waals surface area contributed by atoms with Crippen LogP contribution in [0.1, 0.15) is 16.9 Å². The Labute approximate surface area is 108 Å². The Morgan fingerprint density at radius 2 is 2.00 bits per heavy atom. The van der Waals surface area contributed by atoms with Crippen molar-refractivity contribution in [2.45, 2.75) is 6.42 Å². The number of carbonyl (C=O) groups is 1. The minimum Gasteiger partial charge on any atom is -0.464 e. The average Bonchev–Trinajstić information content (AvgIpc) is 2.37. The highest BCUT2D eigenvalue weighted by Crippen LogP contribution is 2.08. The molecule has 0 aliphatic heterocycles. The van der Waals surface area contributed by atoms with Crippen molar-refractivity contribution in [3.63, 3.8) is 0 Å². The number of anilines is 1. The van der Waals surface area contributed by atoms with Gasteiger partial charge in [-0.1, -0.05) is 0 Å². The van der Waals surface area contributed by atoms with Crippen LogP contribution in [0.5, 0.6) is 0 Å². The summed E-state index contributed by atoms with van der Waals surface area (Å²) in [5, 5.41) is 0. The molecule has 6 heteroatoms. The molecule has 1 rings (SSSR count). The zero-order valence-electron chi connectivity index (χ0n) is 11.4. The molecular formula is C12H20N4O2. The first-order valence-corrected chi connectivity index (χ1v) is 5.81. The summed E-state index contributed by atoms with van der Waals surface area (Å²) < 4.78 is 4.62. The van der Waals surface area contributed by atoms with Crippen molar-refractivity contribution >= 4 is 11.8 Å². The van der Waals surface area contributed by atoms with Crippen LogP contribution in [0.4, 0.5) is 5.82 Å². The molecule has 0 unspecified atom stereocenters. The average molecular weight is 252 g/mol. The number of hydrogen-bond donors (Lipinski definition) is 0. The quantitative estimate of drug-likeness (QED) is 0.693. The predicted octanol–water partition coefficient (Wildman–Crippen LogP) is 0.651. The third-order valence-corrected chi connectivity index (χ3v) is 2.51. The van der Waals surface area contributed by atoms with E-state index < -0.39 is 5.97 Å². The summed E-state index contributed by atoms with van der Waals surface area (Å²) in [6.07, 6.45) is 4.07. The number of hydrogen-bond acceptors (Lipinski definition) is 6. The van der Waals surface area contributed by atoms with Crippen molar-refractivity contribution in [1.29, 1.82) is 0 Å². The van der Waals surface area contributed by atoms with Crippen LogP contribution in [-0.2, 0) is 4.74 Å². The van der Waals surface area contributed by atoms with Crippen molar-refractivity contribution < 1.29 is 9.53 Å². The van der Waals surface area contributed by atoms with Crippen LogP contribution in [0.2, 0.25) is 0 Å². The summed E-state index contributed by atoms with van der Waals surface area (Å²) >= 11 is 0. The normalized spacial score (nSPS) is 10.5. The minimum atomic E-state index is -0.467. The van der Waals surface area contributed by atoms with Gasteiger partial charge in [-0.2, -0.15) is 0 Å². The monoisotopic (exact) mass is 252 g/mol. The van der Waals surface area contributed by atoms with Crippen LogP contribution in [0.15, 0.2) is 12.4 Å². The molecule has 0 aliphatic rings. The molecule has 6 nitrogen and oxygen atoms in total. The standard InChI is InChI=1S/C12H20N4O2/c1-15(2)6-5-7-16(3)11-9-13-8-10(14-11)12(17)18-4/h8-9H,5-7H2,1-4H3. The van der Waals surface area contributed by atoms with E-state index in [0.717, 1.165) is 19.5 Å². The number of rotatable bonds is 6. The summed E-state index contributed by atoms with van der Waals surface area (Å²) in [5.41, 5.74) is 0.231. The van der Waals surface area contributed by atoms with E-state index in [4.69, 9.17) is 0 Å². The Bertz CT molecular complexity index is 395. The topological polar surface area (TPSA) is 58.6 Å². The van der Waals surface area contributed by atoms with Crippen LogP contribution in [0.3, 0.4) is 0 Å². The first-order chi connectivity index (χ1) is 8.54. The molecule has 0 aliphatic carbocycles. The molecule has 0 radical (unpaired) electrons. The van der Waals surface area contributed by atoms with E-state index in [-0.39, 0.29) is 5.69 Å². The van der Waals surface area contributed by atoms with E-state index in [1.807, 2.05) is 26.0 Å². The molecule has 0 N–H and O–H groups in total. The van der Waals surface area contributed by atoms with E-state index in [1.165, 1.54) is 13.3 Å². The zero-order chi connectivity index (χ0) is 13.5. The van der Waals surface area contributed by atoms with Gasteiger partial charge in [-0.25, -0.2) is 9.78 Å². The Kier molecular flexibility index (Phi) is 5.51. The highest BCUT2D eigenvalue weighted by Gasteiger charge is 2.10. The van der Waals surface area contributed by atoms with Crippen LogP contribution < -0.4 is 4.90 Å². The van der Waals surface area contributed by atoms with E-state index >= 15 is 0 Å². The summed E-state index contributed by atoms with van der Waals surface area (Å²) in [4.78, 5) is 23.7. The van der Waals surface area contributed by atoms with E-state index in [2.05, 4.69) is 19.6 Å². The molecule has 0 atom stereocenters. The van der Waals surface area contributed by atoms with Crippen LogP contribution in [0.25, 0.3) is 0 Å². The second kappa shape index (κ2) is 6.90. The number of carbonyl (C=O) groups excluding carboxylic acids is 1. The van der Waals surface area contributed by atoms with Crippen LogP contribution in [0, 0.1) is 0 Å². The number of ether oxygens (including phenoxy) is 1. The Hall–Kier alpha value is -1.69. The van der Waals surface area contributed by atoms with Crippen molar-refractivity contribution in [1.82, 2.24) is 14.9 Å². The molecule has 0 saturated carbocycles. The maximum absolute atomic E-state index is 11.3. The van der Waals surface area contributed by atoms with Crippen molar-refractivity contribution in [3.8, 4) is 0 Å². The lowest BCUT2D eigenvalue weighted by Crippen LogP contribution is -2.24. The summed E-state index contributed by atoms with van der Waals surface area (Å²) in [6.45, 7) is 1.87. The fraction of sp³-hybridized carbons (Fsp3) is 0.583. The predicted molar refractivity (Wildman–Crippen MR) is 69.8 cm³/mol. The third-order valence-electron chi connectivity index (χ3n) is 2.51. The van der Waals surface area contributed by atoms with Crippen molar-refractivity contribution in [2.75, 3.05) is 46.2 Å². The van der Waals surface area contributed by atoms with Gasteiger partial charge in [-0.3, -0.25) is 4.98 Å². The van der Waals surface area contributed by atoms with Gasteiger partial charge in [-0.15, -0.1) is 0 Å². The van der Waals surface area contributed by atoms with Gasteiger partial charge >= 0.3 is 5.97 Å². The maximum atomic E-state index is 11.3. The van der Waals surface area contributed by atoms with E-state index in [1.54, 1.807) is 6.20 Å².